The number of hydrogen-bond donors (Lipinski definition) is 2. The molecule has 72 valence electrons. The number of aliphatic carboxylic acids is 1. The fourth-order valence-electron chi connectivity index (χ4n) is 0.857. The van der Waals surface area contributed by atoms with E-state index < -0.39 is 30.3 Å². The summed E-state index contributed by atoms with van der Waals surface area (Å²) in [5, 5.41) is 8.34. The molecular weight excluding hydrogens is 184 g/mol. The number of alkyl halides is 1. The molecule has 13 heavy (non-hydrogen) atoms. The van der Waals surface area contributed by atoms with E-state index in [0.29, 0.717) is 6.21 Å². The number of hydrogen-bond acceptors (Lipinski definition) is 4. The van der Waals surface area contributed by atoms with Gasteiger partial charge in [-0.1, -0.05) is 0 Å². The highest BCUT2D eigenvalue weighted by atomic mass is 19.2. The lowest BCUT2D eigenvalue weighted by Crippen LogP contribution is -2.38. The van der Waals surface area contributed by atoms with Gasteiger partial charge in [0, 0.05) is 6.42 Å². The smallest absolute Gasteiger partial charge is 0.320 e. The van der Waals surface area contributed by atoms with Gasteiger partial charge in [-0.15, -0.1) is 0 Å². The summed E-state index contributed by atoms with van der Waals surface area (Å²) in [6.07, 6.45) is -1.23. The summed E-state index contributed by atoms with van der Waals surface area (Å²) < 4.78 is 25.4. The molecule has 0 amide bonds. The molecule has 1 aliphatic rings. The third kappa shape index (κ3) is 2.28. The van der Waals surface area contributed by atoms with Crippen molar-refractivity contribution in [1.82, 2.24) is 0 Å². The van der Waals surface area contributed by atoms with E-state index in [0.717, 1.165) is 0 Å². The van der Waals surface area contributed by atoms with Crippen molar-refractivity contribution in [2.75, 3.05) is 0 Å². The summed E-state index contributed by atoms with van der Waals surface area (Å²) in [4.78, 5) is 16.0. The van der Waals surface area contributed by atoms with E-state index in [-0.39, 0.29) is 0 Å². The quantitative estimate of drug-likeness (QED) is 0.608. The minimum atomic E-state index is -2.41. The molecule has 2 atom stereocenters. The van der Waals surface area contributed by atoms with Gasteiger partial charge in [0.2, 0.25) is 5.79 Å². The number of carboxylic acid groups (broad SMARTS) is 1. The molecule has 7 heteroatoms. The zero-order chi connectivity index (χ0) is 10.1. The van der Waals surface area contributed by atoms with Crippen molar-refractivity contribution in [3.8, 4) is 0 Å². The van der Waals surface area contributed by atoms with Crippen LogP contribution < -0.4 is 5.73 Å². The van der Waals surface area contributed by atoms with Gasteiger partial charge in [-0.05, 0) is 0 Å². The van der Waals surface area contributed by atoms with Crippen molar-refractivity contribution in [2.24, 2.45) is 15.7 Å². The Morgan fingerprint density at radius 1 is 1.85 bits per heavy atom. The lowest BCUT2D eigenvalue weighted by Gasteiger charge is -2.14. The summed E-state index contributed by atoms with van der Waals surface area (Å²) in [7, 11) is 0. The number of rotatable bonds is 3. The average molecular weight is 191 g/mol. The van der Waals surface area contributed by atoms with Crippen LogP contribution in [-0.2, 0) is 4.79 Å². The predicted octanol–water partition coefficient (Wildman–Crippen LogP) is -0.136. The SMILES string of the molecule is N[C@@H](CC1(F)C=NC(F)=N1)C(=O)O. The van der Waals surface area contributed by atoms with Gasteiger partial charge in [-0.3, -0.25) is 4.79 Å². The molecule has 0 saturated heterocycles. The molecular formula is C6H7F2N3O2. The zero-order valence-electron chi connectivity index (χ0n) is 6.44. The third-order valence-electron chi connectivity index (χ3n) is 1.47. The second-order valence-electron chi connectivity index (χ2n) is 2.61. The Balaban J connectivity index is 2.65. The van der Waals surface area contributed by atoms with E-state index in [2.05, 4.69) is 9.98 Å². The monoisotopic (exact) mass is 191 g/mol. The number of nitrogens with two attached hydrogens (primary N) is 1. The lowest BCUT2D eigenvalue weighted by atomic mass is 10.1. The lowest BCUT2D eigenvalue weighted by molar-refractivity contribution is -0.139. The molecule has 1 aliphatic heterocycles. The Morgan fingerprint density at radius 3 is 2.85 bits per heavy atom. The van der Waals surface area contributed by atoms with Crippen molar-refractivity contribution in [3.05, 3.63) is 0 Å². The number of carboxylic acids is 1. The molecule has 0 aromatic carbocycles. The molecule has 1 rings (SSSR count). The Morgan fingerprint density at radius 2 is 2.46 bits per heavy atom. The molecule has 0 bridgehead atoms. The highest BCUT2D eigenvalue weighted by Crippen LogP contribution is 2.22. The first-order valence-corrected chi connectivity index (χ1v) is 3.41. The van der Waals surface area contributed by atoms with Crippen LogP contribution in [0.5, 0.6) is 0 Å². The van der Waals surface area contributed by atoms with Gasteiger partial charge in [-0.25, -0.2) is 9.38 Å². The van der Waals surface area contributed by atoms with Crippen LogP contribution in [0.1, 0.15) is 6.42 Å². The summed E-state index contributed by atoms with van der Waals surface area (Å²) in [5.41, 5.74) is 5.03. The maximum Gasteiger partial charge on any atom is 0.320 e. The van der Waals surface area contributed by atoms with Crippen LogP contribution in [0.25, 0.3) is 0 Å². The van der Waals surface area contributed by atoms with Gasteiger partial charge < -0.3 is 10.8 Å². The van der Waals surface area contributed by atoms with E-state index in [1.807, 2.05) is 0 Å². The van der Waals surface area contributed by atoms with Crippen molar-refractivity contribution in [3.63, 3.8) is 0 Å². The summed E-state index contributed by atoms with van der Waals surface area (Å²) >= 11 is 0. The number of amidine groups is 1. The minimum Gasteiger partial charge on any atom is -0.480 e. The molecule has 0 saturated carbocycles. The molecule has 1 heterocycles. The van der Waals surface area contributed by atoms with Crippen molar-refractivity contribution < 1.29 is 18.7 Å². The summed E-state index contributed by atoms with van der Waals surface area (Å²) in [6.45, 7) is 0. The van der Waals surface area contributed by atoms with E-state index in [1.165, 1.54) is 0 Å². The summed E-state index contributed by atoms with van der Waals surface area (Å²) in [6, 6.07) is -1.42. The highest BCUT2D eigenvalue weighted by molar-refractivity contribution is 5.92. The van der Waals surface area contributed by atoms with Gasteiger partial charge in [0.15, 0.2) is 0 Å². The molecule has 0 aliphatic carbocycles. The van der Waals surface area contributed by atoms with Crippen LogP contribution in [-0.4, -0.2) is 35.2 Å². The highest BCUT2D eigenvalue weighted by Gasteiger charge is 2.35. The molecule has 0 spiro atoms. The van der Waals surface area contributed by atoms with Crippen molar-refractivity contribution in [1.29, 1.82) is 0 Å². The van der Waals surface area contributed by atoms with Gasteiger partial charge >= 0.3 is 12.1 Å². The minimum absolute atomic E-state index is 0.602. The number of halogens is 2. The van der Waals surface area contributed by atoms with Gasteiger partial charge in [0.05, 0.1) is 6.21 Å². The Bertz CT molecular complexity index is 292. The van der Waals surface area contributed by atoms with Crippen LogP contribution in [0.4, 0.5) is 8.78 Å². The first kappa shape index (κ1) is 9.72. The van der Waals surface area contributed by atoms with Crippen LogP contribution in [0, 0.1) is 0 Å². The normalized spacial score (nSPS) is 28.7. The van der Waals surface area contributed by atoms with E-state index >= 15 is 0 Å². The molecule has 0 aromatic heterocycles. The first-order chi connectivity index (χ1) is 5.93. The molecule has 0 fully saturated rings. The molecule has 1 unspecified atom stereocenters. The standard InChI is InChI=1S/C6H7F2N3O2/c7-5-10-2-6(8,11-5)1-3(9)4(12)13/h2-3H,1,9H2,(H,12,13)/t3-,6?/m0/s1. The van der Waals surface area contributed by atoms with Crippen LogP contribution in [0.2, 0.25) is 0 Å². The molecule has 3 N–H and O–H groups in total. The van der Waals surface area contributed by atoms with Crippen molar-refractivity contribution in [2.45, 2.75) is 18.3 Å². The maximum atomic E-state index is 13.3. The fourth-order valence-corrected chi connectivity index (χ4v) is 0.857. The molecule has 5 nitrogen and oxygen atoms in total. The van der Waals surface area contributed by atoms with Gasteiger partial charge in [-0.2, -0.15) is 9.38 Å². The second kappa shape index (κ2) is 3.17. The topological polar surface area (TPSA) is 88.0 Å². The summed E-state index contributed by atoms with van der Waals surface area (Å²) in [5.74, 6) is -3.78. The molecule has 0 aromatic rings. The van der Waals surface area contributed by atoms with Crippen LogP contribution >= 0.6 is 0 Å². The van der Waals surface area contributed by atoms with Gasteiger partial charge in [0.1, 0.15) is 6.04 Å². The largest absolute Gasteiger partial charge is 0.480 e. The molecule has 0 radical (unpaired) electrons. The third-order valence-corrected chi connectivity index (χ3v) is 1.47. The number of carbonyl (C=O) groups is 1. The fraction of sp³-hybridized carbons (Fsp3) is 0.500. The van der Waals surface area contributed by atoms with E-state index in [1.54, 1.807) is 0 Å². The Hall–Kier alpha value is -1.37. The number of nitrogens with zero attached hydrogens (tertiary/aromatic N) is 2. The predicted molar refractivity (Wildman–Crippen MR) is 41.1 cm³/mol. The Labute approximate surface area is 72.0 Å². The van der Waals surface area contributed by atoms with Crippen LogP contribution in [0.15, 0.2) is 9.98 Å². The van der Waals surface area contributed by atoms with Crippen LogP contribution in [0.3, 0.4) is 0 Å². The Kier molecular flexibility index (Phi) is 2.37. The average Bonchev–Trinajstić information content (AvgIpc) is 2.30. The number of aliphatic imine (C=N–C) groups is 2. The zero-order valence-corrected chi connectivity index (χ0v) is 6.44. The first-order valence-electron chi connectivity index (χ1n) is 3.41. The van der Waals surface area contributed by atoms with Crippen molar-refractivity contribution >= 4 is 18.3 Å². The van der Waals surface area contributed by atoms with E-state index in [4.69, 9.17) is 10.8 Å². The van der Waals surface area contributed by atoms with E-state index in [9.17, 15) is 13.6 Å². The second-order valence-corrected chi connectivity index (χ2v) is 2.61. The maximum absolute atomic E-state index is 13.3. The van der Waals surface area contributed by atoms with Gasteiger partial charge in [0.25, 0.3) is 0 Å².